The molecule has 2 aromatic carbocycles. The van der Waals surface area contributed by atoms with Crippen molar-refractivity contribution in [2.75, 3.05) is 6.54 Å². The number of carbonyl (C=O) groups excluding carboxylic acids is 2. The van der Waals surface area contributed by atoms with E-state index < -0.39 is 17.6 Å². The zero-order chi connectivity index (χ0) is 20.3. The van der Waals surface area contributed by atoms with Crippen molar-refractivity contribution in [3.63, 3.8) is 0 Å². The van der Waals surface area contributed by atoms with Crippen molar-refractivity contribution >= 4 is 23.6 Å². The molecule has 1 amide bonds. The Labute approximate surface area is 164 Å². The van der Waals surface area contributed by atoms with Crippen molar-refractivity contribution in [3.8, 4) is 0 Å². The first-order chi connectivity index (χ1) is 13.2. The third-order valence-corrected chi connectivity index (χ3v) is 5.14. The summed E-state index contributed by atoms with van der Waals surface area (Å²) in [4.78, 5) is 26.4. The second-order valence-corrected chi connectivity index (χ2v) is 7.54. The molecule has 28 heavy (non-hydrogen) atoms. The predicted octanol–water partition coefficient (Wildman–Crippen LogP) is 4.43. The number of alkyl halides is 3. The minimum absolute atomic E-state index is 0.0276. The fourth-order valence-electron chi connectivity index (χ4n) is 3.01. The normalized spacial score (nSPS) is 14.9. The minimum Gasteiger partial charge on any atom is -0.449 e. The zero-order valence-electron chi connectivity index (χ0n) is 15.0. The van der Waals surface area contributed by atoms with Gasteiger partial charge < -0.3 is 9.64 Å². The molecule has 0 aliphatic carbocycles. The molecule has 1 aliphatic heterocycles. The molecular formula is C20H18F3NO3S. The van der Waals surface area contributed by atoms with Crippen LogP contribution in [0.15, 0.2) is 53.4 Å². The summed E-state index contributed by atoms with van der Waals surface area (Å²) in [5.74, 6) is -1.05. The van der Waals surface area contributed by atoms with Gasteiger partial charge in [-0.3, -0.25) is 4.79 Å². The van der Waals surface area contributed by atoms with E-state index in [-0.39, 0.29) is 28.1 Å². The van der Waals surface area contributed by atoms with E-state index in [0.29, 0.717) is 13.1 Å². The standard InChI is InChI=1S/C20H18F3NO3S/c1-13(18(25)24-11-10-14-4-2-3-5-16(14)12-24)27-19(26)15-6-8-17(9-7-15)28-20(21,22)23/h2-9,13H,10-12H2,1H3. The van der Waals surface area contributed by atoms with Gasteiger partial charge in [-0.25, -0.2) is 4.79 Å². The third kappa shape index (κ3) is 5.07. The number of nitrogens with zero attached hydrogens (tertiary/aromatic N) is 1. The average molecular weight is 409 g/mol. The molecule has 0 N–H and O–H groups in total. The highest BCUT2D eigenvalue weighted by atomic mass is 32.2. The van der Waals surface area contributed by atoms with E-state index >= 15 is 0 Å². The Balaban J connectivity index is 1.59. The molecule has 3 rings (SSSR count). The fourth-order valence-corrected chi connectivity index (χ4v) is 3.55. The summed E-state index contributed by atoms with van der Waals surface area (Å²) in [5, 5.41) is 0. The lowest BCUT2D eigenvalue weighted by atomic mass is 9.99. The second-order valence-electron chi connectivity index (χ2n) is 6.40. The van der Waals surface area contributed by atoms with Gasteiger partial charge in [0, 0.05) is 18.0 Å². The van der Waals surface area contributed by atoms with Crippen LogP contribution in [0.5, 0.6) is 0 Å². The number of carbonyl (C=O) groups is 2. The molecule has 0 radical (unpaired) electrons. The van der Waals surface area contributed by atoms with Crippen LogP contribution in [-0.4, -0.2) is 34.9 Å². The summed E-state index contributed by atoms with van der Waals surface area (Å²) < 4.78 is 42.3. The molecule has 0 saturated carbocycles. The lowest BCUT2D eigenvalue weighted by Gasteiger charge is -2.30. The third-order valence-electron chi connectivity index (χ3n) is 4.40. The van der Waals surface area contributed by atoms with Crippen LogP contribution in [0.3, 0.4) is 0 Å². The van der Waals surface area contributed by atoms with E-state index in [1.807, 2.05) is 24.3 Å². The molecule has 0 aromatic heterocycles. The molecule has 1 aliphatic rings. The number of halogens is 3. The number of hydrogen-bond donors (Lipinski definition) is 0. The lowest BCUT2D eigenvalue weighted by molar-refractivity contribution is -0.140. The van der Waals surface area contributed by atoms with Gasteiger partial charge in [0.05, 0.1) is 5.56 Å². The highest BCUT2D eigenvalue weighted by Gasteiger charge is 2.30. The van der Waals surface area contributed by atoms with Crippen molar-refractivity contribution in [2.24, 2.45) is 0 Å². The topological polar surface area (TPSA) is 46.6 Å². The minimum atomic E-state index is -4.39. The quantitative estimate of drug-likeness (QED) is 0.554. The van der Waals surface area contributed by atoms with Crippen LogP contribution < -0.4 is 0 Å². The van der Waals surface area contributed by atoms with Crippen LogP contribution >= 0.6 is 11.8 Å². The van der Waals surface area contributed by atoms with E-state index in [4.69, 9.17) is 4.74 Å². The number of esters is 1. The van der Waals surface area contributed by atoms with Gasteiger partial charge in [0.1, 0.15) is 0 Å². The first-order valence-corrected chi connectivity index (χ1v) is 9.47. The molecule has 0 bridgehead atoms. The number of benzene rings is 2. The van der Waals surface area contributed by atoms with Gasteiger partial charge in [-0.1, -0.05) is 24.3 Å². The van der Waals surface area contributed by atoms with Gasteiger partial charge in [-0.05, 0) is 60.5 Å². The summed E-state index contributed by atoms with van der Waals surface area (Å²) in [5.41, 5.74) is -2.03. The van der Waals surface area contributed by atoms with Crippen molar-refractivity contribution in [1.82, 2.24) is 4.90 Å². The molecule has 0 saturated heterocycles. The van der Waals surface area contributed by atoms with Crippen LogP contribution in [0, 0.1) is 0 Å². The monoisotopic (exact) mass is 409 g/mol. The number of thioether (sulfide) groups is 1. The first kappa shape index (κ1) is 20.3. The molecule has 0 fully saturated rings. The summed E-state index contributed by atoms with van der Waals surface area (Å²) in [7, 11) is 0. The molecular weight excluding hydrogens is 391 g/mol. The van der Waals surface area contributed by atoms with E-state index in [9.17, 15) is 22.8 Å². The summed E-state index contributed by atoms with van der Waals surface area (Å²) in [6.07, 6.45) is -0.247. The van der Waals surface area contributed by atoms with Crippen molar-refractivity contribution < 1.29 is 27.5 Å². The number of hydrogen-bond acceptors (Lipinski definition) is 4. The number of amides is 1. The van der Waals surface area contributed by atoms with E-state index in [2.05, 4.69) is 0 Å². The van der Waals surface area contributed by atoms with Crippen molar-refractivity contribution in [2.45, 2.75) is 36.4 Å². The van der Waals surface area contributed by atoms with Gasteiger partial charge in [0.2, 0.25) is 0 Å². The Morgan fingerprint density at radius 3 is 2.36 bits per heavy atom. The largest absolute Gasteiger partial charge is 0.449 e. The number of rotatable bonds is 4. The van der Waals surface area contributed by atoms with Crippen LogP contribution in [0.2, 0.25) is 0 Å². The van der Waals surface area contributed by atoms with Crippen LogP contribution in [0.1, 0.15) is 28.4 Å². The molecule has 0 spiro atoms. The average Bonchev–Trinajstić information content (AvgIpc) is 2.66. The predicted molar refractivity (Wildman–Crippen MR) is 98.8 cm³/mol. The highest BCUT2D eigenvalue weighted by Crippen LogP contribution is 2.36. The lowest BCUT2D eigenvalue weighted by Crippen LogP contribution is -2.42. The Morgan fingerprint density at radius 2 is 1.71 bits per heavy atom. The van der Waals surface area contributed by atoms with Crippen molar-refractivity contribution in [3.05, 3.63) is 65.2 Å². The van der Waals surface area contributed by atoms with Gasteiger partial charge in [0.25, 0.3) is 5.91 Å². The highest BCUT2D eigenvalue weighted by molar-refractivity contribution is 8.00. The molecule has 1 unspecified atom stereocenters. The van der Waals surface area contributed by atoms with Gasteiger partial charge in [0.15, 0.2) is 6.10 Å². The van der Waals surface area contributed by atoms with E-state index in [0.717, 1.165) is 12.0 Å². The molecule has 1 atom stereocenters. The molecule has 2 aromatic rings. The zero-order valence-corrected chi connectivity index (χ0v) is 15.8. The maximum Gasteiger partial charge on any atom is 0.446 e. The van der Waals surface area contributed by atoms with Gasteiger partial charge in [-0.15, -0.1) is 0 Å². The maximum atomic E-state index is 12.6. The van der Waals surface area contributed by atoms with Crippen LogP contribution in [-0.2, 0) is 22.5 Å². The summed E-state index contributed by atoms with van der Waals surface area (Å²) >= 11 is -0.260. The molecule has 8 heteroatoms. The molecule has 1 heterocycles. The Bertz CT molecular complexity index is 868. The second kappa shape index (κ2) is 8.26. The van der Waals surface area contributed by atoms with E-state index in [1.165, 1.54) is 36.8 Å². The number of ether oxygens (including phenoxy) is 1. The first-order valence-electron chi connectivity index (χ1n) is 8.65. The van der Waals surface area contributed by atoms with Crippen molar-refractivity contribution in [1.29, 1.82) is 0 Å². The summed E-state index contributed by atoms with van der Waals surface area (Å²) in [6.45, 7) is 2.50. The Hall–Kier alpha value is -2.48. The van der Waals surface area contributed by atoms with E-state index in [1.54, 1.807) is 4.90 Å². The summed E-state index contributed by atoms with van der Waals surface area (Å²) in [6, 6.07) is 12.8. The van der Waals surface area contributed by atoms with Crippen LogP contribution in [0.25, 0.3) is 0 Å². The SMILES string of the molecule is CC(OC(=O)c1ccc(SC(F)(F)F)cc1)C(=O)N1CCc2ccccc2C1. The molecule has 4 nitrogen and oxygen atoms in total. The van der Waals surface area contributed by atoms with Crippen LogP contribution in [0.4, 0.5) is 13.2 Å². The van der Waals surface area contributed by atoms with Gasteiger partial charge >= 0.3 is 11.5 Å². The molecule has 148 valence electrons. The van der Waals surface area contributed by atoms with Gasteiger partial charge in [-0.2, -0.15) is 13.2 Å². The fraction of sp³-hybridized carbons (Fsp3) is 0.300. The number of fused-ring (bicyclic) bond motifs is 1. The maximum absolute atomic E-state index is 12.6. The Kier molecular flexibility index (Phi) is 5.98. The Morgan fingerprint density at radius 1 is 1.07 bits per heavy atom. The smallest absolute Gasteiger partial charge is 0.446 e.